The van der Waals surface area contributed by atoms with E-state index in [0.29, 0.717) is 30.0 Å². The number of rotatable bonds is 26. The van der Waals surface area contributed by atoms with Crippen LogP contribution in [0.25, 0.3) is 0 Å². The van der Waals surface area contributed by atoms with Gasteiger partial charge >= 0.3 is 29.8 Å². The molecule has 1 saturated heterocycles. The van der Waals surface area contributed by atoms with E-state index in [4.69, 9.17) is 4.84 Å². The van der Waals surface area contributed by atoms with Crippen LogP contribution in [0.4, 0.5) is 0 Å². The third-order valence-electron chi connectivity index (χ3n) is 9.97. The molecular formula is C38H54N6O14. The first-order valence-electron chi connectivity index (χ1n) is 19.3. The van der Waals surface area contributed by atoms with Gasteiger partial charge in [-0.25, -0.2) is 4.79 Å². The van der Waals surface area contributed by atoms with Crippen LogP contribution in [-0.2, 0) is 43.2 Å². The molecule has 1 aromatic carbocycles. The lowest BCUT2D eigenvalue weighted by Gasteiger charge is -2.32. The largest absolute Gasteiger partial charge is 0.480 e. The quantitative estimate of drug-likeness (QED) is 0.0532. The number of hydrogen-bond donors (Lipinski definition) is 6. The van der Waals surface area contributed by atoms with Gasteiger partial charge in [0.05, 0.1) is 19.0 Å². The van der Waals surface area contributed by atoms with Crippen molar-refractivity contribution in [1.29, 1.82) is 0 Å². The van der Waals surface area contributed by atoms with Gasteiger partial charge in [0.25, 0.3) is 17.7 Å². The van der Waals surface area contributed by atoms with Crippen molar-refractivity contribution in [1.82, 2.24) is 30.4 Å². The zero-order valence-corrected chi connectivity index (χ0v) is 32.6. The Kier molecular flexibility index (Phi) is 19.2. The van der Waals surface area contributed by atoms with Crippen molar-refractivity contribution in [3.63, 3.8) is 0 Å². The maximum Gasteiger partial charge on any atom is 0.336 e. The summed E-state index contributed by atoms with van der Waals surface area (Å²) in [6.07, 6.45) is 2.01. The van der Waals surface area contributed by atoms with E-state index in [-0.39, 0.29) is 90.1 Å². The molecule has 2 aliphatic rings. The predicted molar refractivity (Wildman–Crippen MR) is 202 cm³/mol. The van der Waals surface area contributed by atoms with E-state index >= 15 is 0 Å². The van der Waals surface area contributed by atoms with Crippen LogP contribution in [0.1, 0.15) is 73.7 Å². The molecule has 0 radical (unpaired) electrons. The Hall–Kier alpha value is -5.47. The van der Waals surface area contributed by atoms with Crippen LogP contribution in [0, 0.1) is 18.8 Å². The number of amides is 4. The molecule has 20 heteroatoms. The van der Waals surface area contributed by atoms with E-state index in [2.05, 4.69) is 10.6 Å². The van der Waals surface area contributed by atoms with E-state index in [0.717, 1.165) is 10.5 Å². The van der Waals surface area contributed by atoms with E-state index in [1.54, 1.807) is 18.2 Å². The minimum Gasteiger partial charge on any atom is -0.480 e. The highest BCUT2D eigenvalue weighted by molar-refractivity contribution is 6.01. The second-order valence-electron chi connectivity index (χ2n) is 14.5. The van der Waals surface area contributed by atoms with E-state index in [1.807, 2.05) is 13.0 Å². The second-order valence-corrected chi connectivity index (χ2v) is 14.5. The molecule has 4 amide bonds. The molecule has 1 aliphatic heterocycles. The first-order chi connectivity index (χ1) is 27.5. The number of carboxylic acids is 4. The van der Waals surface area contributed by atoms with Gasteiger partial charge < -0.3 is 40.8 Å². The number of unbranched alkanes of at least 4 members (excludes halogenated alkanes) is 1. The Balaban J connectivity index is 1.48. The maximum atomic E-state index is 13.5. The van der Waals surface area contributed by atoms with Crippen LogP contribution in [-0.4, -0.2) is 165 Å². The normalized spacial score (nSPS) is 17.3. The summed E-state index contributed by atoms with van der Waals surface area (Å²) in [6, 6.07) is 6.20. The Bertz CT molecular complexity index is 1630. The van der Waals surface area contributed by atoms with Crippen molar-refractivity contribution < 1.29 is 68.4 Å². The molecule has 2 fully saturated rings. The first-order valence-corrected chi connectivity index (χ1v) is 19.3. The van der Waals surface area contributed by atoms with Gasteiger partial charge in [0, 0.05) is 70.1 Å². The average molecular weight is 819 g/mol. The van der Waals surface area contributed by atoms with Crippen LogP contribution in [0.5, 0.6) is 0 Å². The van der Waals surface area contributed by atoms with Crippen molar-refractivity contribution in [3.8, 4) is 0 Å². The van der Waals surface area contributed by atoms with Crippen LogP contribution in [0.2, 0.25) is 0 Å². The number of carbonyl (C=O) groups excluding carboxylic acids is 5. The predicted octanol–water partition coefficient (Wildman–Crippen LogP) is 0.0379. The smallest absolute Gasteiger partial charge is 0.336 e. The van der Waals surface area contributed by atoms with Crippen molar-refractivity contribution in [2.75, 3.05) is 65.4 Å². The van der Waals surface area contributed by atoms with Crippen molar-refractivity contribution in [3.05, 3.63) is 35.4 Å². The third-order valence-corrected chi connectivity index (χ3v) is 9.97. The molecule has 0 aromatic heterocycles. The Morgan fingerprint density at radius 2 is 1.33 bits per heavy atom. The highest BCUT2D eigenvalue weighted by Crippen LogP contribution is 2.31. The van der Waals surface area contributed by atoms with E-state index < -0.39 is 85.1 Å². The minimum absolute atomic E-state index is 0.0283. The number of imide groups is 1. The molecule has 3 rings (SSSR count). The number of nitrogens with zero attached hydrogens (tertiary/aromatic N) is 4. The summed E-state index contributed by atoms with van der Waals surface area (Å²) in [5.74, 6) is -8.75. The van der Waals surface area contributed by atoms with Crippen LogP contribution < -0.4 is 10.6 Å². The number of hydroxylamine groups is 2. The average Bonchev–Trinajstić information content (AvgIpc) is 3.48. The highest BCUT2D eigenvalue weighted by Gasteiger charge is 2.38. The summed E-state index contributed by atoms with van der Waals surface area (Å²) in [4.78, 5) is 118. The molecule has 1 heterocycles. The number of hydrogen-bond acceptors (Lipinski definition) is 13. The molecule has 1 unspecified atom stereocenters. The molecular weight excluding hydrogens is 764 g/mol. The molecule has 1 aliphatic carbocycles. The Morgan fingerprint density at radius 3 is 1.90 bits per heavy atom. The van der Waals surface area contributed by atoms with Gasteiger partial charge in [-0.2, -0.15) is 0 Å². The van der Waals surface area contributed by atoms with Crippen LogP contribution in [0.15, 0.2) is 24.3 Å². The Labute approximate surface area is 335 Å². The molecule has 58 heavy (non-hydrogen) atoms. The minimum atomic E-state index is -1.29. The molecule has 1 atom stereocenters. The summed E-state index contributed by atoms with van der Waals surface area (Å²) in [7, 11) is 0. The Morgan fingerprint density at radius 1 is 0.759 bits per heavy atom. The molecule has 320 valence electrons. The molecule has 1 aromatic rings. The SMILES string of the molecule is Cc1cccc(C(=O)NCCCCC(NCCN(CCN(CCN(CC(=O)O)C(=O)C2CCC(C(=O)ON3C(=O)CCC3=O)CC2)CC(=O)O)CC(=O)O)C(=O)O)c1. The molecule has 0 bridgehead atoms. The fourth-order valence-electron chi connectivity index (χ4n) is 6.83. The molecule has 1 saturated carbocycles. The second kappa shape index (κ2) is 23.7. The number of carboxylic acid groups (broad SMARTS) is 4. The molecule has 20 nitrogen and oxygen atoms in total. The maximum absolute atomic E-state index is 13.5. The summed E-state index contributed by atoms with van der Waals surface area (Å²) in [5.41, 5.74) is 1.48. The number of benzene rings is 1. The summed E-state index contributed by atoms with van der Waals surface area (Å²) in [5, 5.41) is 44.6. The molecule has 0 spiro atoms. The lowest BCUT2D eigenvalue weighted by Crippen LogP contribution is -2.48. The van der Waals surface area contributed by atoms with Gasteiger partial charge in [-0.05, 0) is 64.0 Å². The van der Waals surface area contributed by atoms with Crippen molar-refractivity contribution >= 4 is 53.5 Å². The van der Waals surface area contributed by atoms with Gasteiger partial charge in [0.2, 0.25) is 5.91 Å². The zero-order chi connectivity index (χ0) is 42.8. The summed E-state index contributed by atoms with van der Waals surface area (Å²) < 4.78 is 0. The lowest BCUT2D eigenvalue weighted by atomic mass is 9.81. The fraction of sp³-hybridized carbons (Fsp3) is 0.605. The summed E-state index contributed by atoms with van der Waals surface area (Å²) in [6.45, 7) is 0.733. The number of nitrogens with one attached hydrogen (secondary N) is 2. The third kappa shape index (κ3) is 16.2. The number of aryl methyl sites for hydroxylation is 1. The van der Waals surface area contributed by atoms with E-state index in [1.165, 1.54) is 9.80 Å². The van der Waals surface area contributed by atoms with Crippen LogP contribution in [0.3, 0.4) is 0 Å². The van der Waals surface area contributed by atoms with Gasteiger partial charge in [0.15, 0.2) is 0 Å². The first kappa shape index (κ1) is 46.9. The zero-order valence-electron chi connectivity index (χ0n) is 32.6. The van der Waals surface area contributed by atoms with Crippen LogP contribution >= 0.6 is 0 Å². The van der Waals surface area contributed by atoms with Gasteiger partial charge in [0.1, 0.15) is 12.6 Å². The number of aliphatic carboxylic acids is 4. The highest BCUT2D eigenvalue weighted by atomic mass is 16.7. The topological polar surface area (TPSA) is 281 Å². The van der Waals surface area contributed by atoms with Gasteiger partial charge in [-0.3, -0.25) is 48.2 Å². The van der Waals surface area contributed by atoms with E-state index in [9.17, 15) is 63.6 Å². The monoisotopic (exact) mass is 818 g/mol. The van der Waals surface area contributed by atoms with Crippen molar-refractivity contribution in [2.24, 2.45) is 11.8 Å². The standard InChI is InChI=1S/C38H54N6O14/c1-25-5-4-6-28(21-25)35(53)40-14-3-2-7-29(37(55)56)39-15-16-41(22-32(47)48)17-18-42(23-33(49)50)19-20-43(24-34(51)52)36(54)26-8-10-27(11-9-26)38(57)58-44-30(45)12-13-31(44)46/h4-6,21,26-27,29,39H,2-3,7-20,22-24H2,1H3,(H,40,53)(H,47,48)(H,49,50)(H,51,52)(H,55,56). The van der Waals surface area contributed by atoms with Gasteiger partial charge in [-0.15, -0.1) is 5.06 Å². The summed E-state index contributed by atoms with van der Waals surface area (Å²) >= 11 is 0. The fourth-order valence-corrected chi connectivity index (χ4v) is 6.83. The molecule has 6 N–H and O–H groups in total. The number of carbonyl (C=O) groups is 9. The lowest BCUT2D eigenvalue weighted by molar-refractivity contribution is -0.201. The van der Waals surface area contributed by atoms with Crippen molar-refractivity contribution in [2.45, 2.75) is 70.8 Å². The van der Waals surface area contributed by atoms with Gasteiger partial charge in [-0.1, -0.05) is 17.7 Å².